The number of unbranched alkanes of at least 4 members (excludes halogenated alkanes) is 1. The summed E-state index contributed by atoms with van der Waals surface area (Å²) in [5, 5.41) is 24.3. The summed E-state index contributed by atoms with van der Waals surface area (Å²) in [7, 11) is 0. The van der Waals surface area contributed by atoms with E-state index >= 15 is 0 Å². The molecule has 0 bridgehead atoms. The van der Waals surface area contributed by atoms with Gasteiger partial charge >= 0.3 is 12.1 Å². The molecule has 0 saturated carbocycles. The lowest BCUT2D eigenvalue weighted by molar-refractivity contribution is -0.144. The van der Waals surface area contributed by atoms with Crippen molar-refractivity contribution >= 4 is 11.6 Å². The van der Waals surface area contributed by atoms with Crippen LogP contribution in [0.4, 0.5) is 13.2 Å². The lowest BCUT2D eigenvalue weighted by Gasteiger charge is -2.35. The highest BCUT2D eigenvalue weighted by Crippen LogP contribution is 2.43. The molecule has 2 aromatic carbocycles. The number of aliphatic hydroxyl groups excluding tert-OH is 1. The molecule has 6 nitrogen and oxygen atoms in total. The minimum absolute atomic E-state index is 0.0143. The lowest BCUT2D eigenvalue weighted by Crippen LogP contribution is -2.41. The smallest absolute Gasteiger partial charge is 0.416 e. The van der Waals surface area contributed by atoms with Crippen LogP contribution in [0.3, 0.4) is 0 Å². The van der Waals surface area contributed by atoms with E-state index in [1.54, 1.807) is 13.0 Å². The van der Waals surface area contributed by atoms with E-state index < -0.39 is 29.0 Å². The van der Waals surface area contributed by atoms with E-state index in [4.69, 9.17) is 0 Å². The van der Waals surface area contributed by atoms with Crippen LogP contribution in [0.25, 0.3) is 16.8 Å². The minimum atomic E-state index is -4.45. The van der Waals surface area contributed by atoms with Gasteiger partial charge in [-0.25, -0.2) is 9.50 Å². The number of alkyl halides is 3. The zero-order valence-corrected chi connectivity index (χ0v) is 19.6. The molecule has 9 heteroatoms. The van der Waals surface area contributed by atoms with Crippen molar-refractivity contribution in [3.05, 3.63) is 89.9 Å². The highest BCUT2D eigenvalue weighted by Gasteiger charge is 2.45. The Morgan fingerprint density at radius 2 is 1.72 bits per heavy atom. The van der Waals surface area contributed by atoms with Crippen LogP contribution in [0, 0.1) is 0 Å². The van der Waals surface area contributed by atoms with Crippen LogP contribution in [0.1, 0.15) is 48.9 Å². The Balaban J connectivity index is 1.84. The molecular formula is C27H26F3N3O3. The standard InChI is InChI=1S/C27H26F3N3O3/c1-26(25(35)36,22(9-5-6-16-34)19-7-3-2-4-8-19)23-14-15-31-24-21(17-32-33(23)24)18-10-12-20(13-11-18)27(28,29)30/h2-4,7-8,10-15,17,22,34H,5-6,9,16H2,1H3,(H,35,36)/t22?,26-/m1/s1. The van der Waals surface area contributed by atoms with Gasteiger partial charge < -0.3 is 10.2 Å². The zero-order valence-electron chi connectivity index (χ0n) is 19.6. The van der Waals surface area contributed by atoms with E-state index in [-0.39, 0.29) is 6.61 Å². The highest BCUT2D eigenvalue weighted by atomic mass is 19.4. The maximum Gasteiger partial charge on any atom is 0.416 e. The van der Waals surface area contributed by atoms with E-state index in [0.717, 1.165) is 17.7 Å². The summed E-state index contributed by atoms with van der Waals surface area (Å²) < 4.78 is 40.5. The number of aliphatic hydroxyl groups is 1. The van der Waals surface area contributed by atoms with E-state index in [2.05, 4.69) is 10.1 Å². The number of aromatic nitrogens is 3. The first-order valence-corrected chi connectivity index (χ1v) is 11.6. The second kappa shape index (κ2) is 10.1. The predicted molar refractivity (Wildman–Crippen MR) is 129 cm³/mol. The van der Waals surface area contributed by atoms with E-state index in [1.807, 2.05) is 30.3 Å². The normalized spacial score (nSPS) is 14.5. The number of nitrogens with zero attached hydrogens (tertiary/aromatic N) is 3. The van der Waals surface area contributed by atoms with Gasteiger partial charge in [-0.15, -0.1) is 0 Å². The average molecular weight is 498 g/mol. The van der Waals surface area contributed by atoms with E-state index in [9.17, 15) is 28.2 Å². The largest absolute Gasteiger partial charge is 0.481 e. The molecule has 0 spiro atoms. The number of fused-ring (bicyclic) bond motifs is 1. The van der Waals surface area contributed by atoms with Gasteiger partial charge in [-0.2, -0.15) is 18.3 Å². The van der Waals surface area contributed by atoms with Crippen molar-refractivity contribution < 1.29 is 28.2 Å². The van der Waals surface area contributed by atoms with Crippen LogP contribution in [-0.4, -0.2) is 37.4 Å². The molecule has 4 rings (SSSR count). The fourth-order valence-electron chi connectivity index (χ4n) is 4.70. The molecule has 0 aliphatic carbocycles. The molecule has 4 aromatic rings. The van der Waals surface area contributed by atoms with E-state index in [1.165, 1.54) is 29.0 Å². The quantitative estimate of drug-likeness (QED) is 0.290. The summed E-state index contributed by atoms with van der Waals surface area (Å²) in [6.07, 6.45) is 0.228. The Kier molecular flexibility index (Phi) is 7.12. The molecule has 1 unspecified atom stereocenters. The van der Waals surface area contributed by atoms with Crippen molar-refractivity contribution in [1.82, 2.24) is 14.6 Å². The third kappa shape index (κ3) is 4.70. The molecule has 36 heavy (non-hydrogen) atoms. The fraction of sp³-hybridized carbons (Fsp3) is 0.296. The first-order valence-electron chi connectivity index (χ1n) is 11.6. The molecule has 0 radical (unpaired) electrons. The number of carboxylic acids is 1. The second-order valence-electron chi connectivity index (χ2n) is 8.89. The summed E-state index contributed by atoms with van der Waals surface area (Å²) in [5.41, 5.74) is 0.403. The Bertz CT molecular complexity index is 1340. The van der Waals surface area contributed by atoms with Crippen molar-refractivity contribution in [2.75, 3.05) is 6.61 Å². The van der Waals surface area contributed by atoms with Crippen LogP contribution in [0.5, 0.6) is 0 Å². The van der Waals surface area contributed by atoms with Crippen molar-refractivity contribution in [1.29, 1.82) is 0 Å². The third-order valence-electron chi connectivity index (χ3n) is 6.70. The van der Waals surface area contributed by atoms with Gasteiger partial charge in [0.15, 0.2) is 5.65 Å². The molecule has 0 saturated heterocycles. The van der Waals surface area contributed by atoms with Gasteiger partial charge in [0.1, 0.15) is 5.41 Å². The number of carbonyl (C=O) groups is 1. The number of halogens is 3. The minimum Gasteiger partial charge on any atom is -0.481 e. The first kappa shape index (κ1) is 25.4. The van der Waals surface area contributed by atoms with Crippen LogP contribution in [0.15, 0.2) is 73.1 Å². The summed E-state index contributed by atoms with van der Waals surface area (Å²) in [6.45, 7) is 1.67. The van der Waals surface area contributed by atoms with Crippen LogP contribution >= 0.6 is 0 Å². The van der Waals surface area contributed by atoms with Crippen molar-refractivity contribution in [2.24, 2.45) is 0 Å². The molecule has 2 N–H and O–H groups in total. The van der Waals surface area contributed by atoms with Gasteiger partial charge in [0, 0.05) is 24.3 Å². The van der Waals surface area contributed by atoms with Gasteiger partial charge in [0.05, 0.1) is 17.5 Å². The molecule has 2 heterocycles. The van der Waals surface area contributed by atoms with Gasteiger partial charge in [-0.3, -0.25) is 4.79 Å². The molecule has 0 aliphatic heterocycles. The molecule has 2 atom stereocenters. The maximum absolute atomic E-state index is 13.0. The summed E-state index contributed by atoms with van der Waals surface area (Å²) in [6, 6.07) is 15.7. The second-order valence-corrected chi connectivity index (χ2v) is 8.89. The number of benzene rings is 2. The average Bonchev–Trinajstić information content (AvgIpc) is 3.30. The van der Waals surface area contributed by atoms with Crippen molar-refractivity contribution in [3.8, 4) is 11.1 Å². The van der Waals surface area contributed by atoms with Gasteiger partial charge in [-0.05, 0) is 49.1 Å². The Hall–Kier alpha value is -3.72. The van der Waals surface area contributed by atoms with Crippen LogP contribution < -0.4 is 0 Å². The molecule has 0 fully saturated rings. The van der Waals surface area contributed by atoms with Crippen LogP contribution in [0.2, 0.25) is 0 Å². The number of hydrogen-bond acceptors (Lipinski definition) is 4. The molecular weight excluding hydrogens is 471 g/mol. The monoisotopic (exact) mass is 497 g/mol. The molecule has 0 amide bonds. The SMILES string of the molecule is C[C@](C(=O)O)(c1ccnc2c(-c3ccc(C(F)(F)F)cc3)cnn12)C(CCCCO)c1ccccc1. The summed E-state index contributed by atoms with van der Waals surface area (Å²) in [5.74, 6) is -1.48. The number of hydrogen-bond donors (Lipinski definition) is 2. The van der Waals surface area contributed by atoms with Gasteiger partial charge in [-0.1, -0.05) is 48.9 Å². The van der Waals surface area contributed by atoms with Gasteiger partial charge in [0.25, 0.3) is 0 Å². The number of carboxylic acid groups (broad SMARTS) is 1. The topological polar surface area (TPSA) is 87.7 Å². The maximum atomic E-state index is 13.0. The molecule has 188 valence electrons. The Morgan fingerprint density at radius 1 is 1.03 bits per heavy atom. The van der Waals surface area contributed by atoms with Crippen LogP contribution in [-0.2, 0) is 16.4 Å². The zero-order chi connectivity index (χ0) is 25.9. The first-order chi connectivity index (χ1) is 17.2. The Morgan fingerprint density at radius 3 is 2.33 bits per heavy atom. The fourth-order valence-corrected chi connectivity index (χ4v) is 4.70. The third-order valence-corrected chi connectivity index (χ3v) is 6.70. The number of aliphatic carboxylic acids is 1. The Labute approximate surface area is 206 Å². The van der Waals surface area contributed by atoms with Crippen molar-refractivity contribution in [2.45, 2.75) is 43.7 Å². The molecule has 0 aliphatic rings. The molecule has 2 aromatic heterocycles. The summed E-state index contributed by atoms with van der Waals surface area (Å²) >= 11 is 0. The predicted octanol–water partition coefficient (Wildman–Crippen LogP) is 5.70. The summed E-state index contributed by atoms with van der Waals surface area (Å²) in [4.78, 5) is 17.3. The lowest BCUT2D eigenvalue weighted by atomic mass is 9.69. The van der Waals surface area contributed by atoms with Crippen molar-refractivity contribution in [3.63, 3.8) is 0 Å². The van der Waals surface area contributed by atoms with E-state index in [0.29, 0.717) is 41.7 Å². The highest BCUT2D eigenvalue weighted by molar-refractivity contribution is 5.83. The van der Waals surface area contributed by atoms with Gasteiger partial charge in [0.2, 0.25) is 0 Å². The number of rotatable bonds is 9.